The summed E-state index contributed by atoms with van der Waals surface area (Å²) in [4.78, 5) is 12.2. The summed E-state index contributed by atoms with van der Waals surface area (Å²) in [7, 11) is 0. The predicted molar refractivity (Wildman–Crippen MR) is 71.0 cm³/mol. The van der Waals surface area contributed by atoms with E-state index in [0.717, 1.165) is 18.5 Å². The zero-order chi connectivity index (χ0) is 13.2. The van der Waals surface area contributed by atoms with Crippen molar-refractivity contribution in [3.8, 4) is 11.8 Å². The Balaban J connectivity index is 2.03. The minimum Gasteiger partial charge on any atom is -0.348 e. The van der Waals surface area contributed by atoms with E-state index in [0.29, 0.717) is 11.3 Å². The molecule has 4 nitrogen and oxygen atoms in total. The Morgan fingerprint density at radius 3 is 2.63 bits per heavy atom. The van der Waals surface area contributed by atoms with Crippen LogP contribution in [0, 0.1) is 11.3 Å². The first-order chi connectivity index (χ1) is 9.29. The minimum absolute atomic E-state index is 0.173. The normalized spacial score (nSPS) is 13.8. The van der Waals surface area contributed by atoms with Gasteiger partial charge in [0, 0.05) is 17.9 Å². The van der Waals surface area contributed by atoms with Crippen molar-refractivity contribution >= 4 is 5.91 Å². The average Bonchev–Trinajstić information content (AvgIpc) is 3.15. The highest BCUT2D eigenvalue weighted by Gasteiger charge is 2.26. The lowest BCUT2D eigenvalue weighted by Crippen LogP contribution is -2.28. The zero-order valence-corrected chi connectivity index (χ0v) is 10.3. The van der Waals surface area contributed by atoms with E-state index in [1.807, 2.05) is 30.3 Å². The molecule has 1 heterocycles. The van der Waals surface area contributed by atoms with E-state index in [4.69, 9.17) is 5.26 Å². The van der Waals surface area contributed by atoms with Gasteiger partial charge in [-0.3, -0.25) is 4.79 Å². The van der Waals surface area contributed by atoms with Crippen molar-refractivity contribution in [3.05, 3.63) is 53.9 Å². The van der Waals surface area contributed by atoms with Crippen molar-refractivity contribution in [2.75, 3.05) is 0 Å². The topological polar surface area (TPSA) is 57.8 Å². The number of carbonyl (C=O) groups is 1. The molecule has 0 saturated heterocycles. The molecule has 1 aliphatic rings. The van der Waals surface area contributed by atoms with Gasteiger partial charge in [0.25, 0.3) is 5.91 Å². The Morgan fingerprint density at radius 1 is 1.26 bits per heavy atom. The number of nitrogens with one attached hydrogen (secondary N) is 1. The monoisotopic (exact) mass is 251 g/mol. The molecule has 1 fully saturated rings. The molecular weight excluding hydrogens is 238 g/mol. The summed E-state index contributed by atoms with van der Waals surface area (Å²) in [6.45, 7) is 0. The fraction of sp³-hybridized carbons (Fsp3) is 0.200. The van der Waals surface area contributed by atoms with Gasteiger partial charge in [-0.15, -0.1) is 0 Å². The summed E-state index contributed by atoms with van der Waals surface area (Å²) < 4.78 is 1.76. The molecule has 1 N–H and O–H groups in total. The lowest BCUT2D eigenvalue weighted by molar-refractivity contribution is 0.0944. The van der Waals surface area contributed by atoms with E-state index in [1.54, 1.807) is 16.8 Å². The molecule has 0 bridgehead atoms. The first kappa shape index (κ1) is 11.5. The Hall–Kier alpha value is -2.54. The van der Waals surface area contributed by atoms with Gasteiger partial charge in [0.1, 0.15) is 11.8 Å². The Kier molecular flexibility index (Phi) is 2.81. The molecule has 1 aromatic heterocycles. The van der Waals surface area contributed by atoms with Crippen LogP contribution in [0.15, 0.2) is 42.6 Å². The Bertz CT molecular complexity index is 648. The average molecular weight is 251 g/mol. The summed E-state index contributed by atoms with van der Waals surface area (Å²) >= 11 is 0. The predicted octanol–water partition coefficient (Wildman–Crippen LogP) is 2.24. The van der Waals surface area contributed by atoms with Gasteiger partial charge in [0.05, 0.1) is 5.56 Å². The largest absolute Gasteiger partial charge is 0.348 e. The number of nitrogens with zero attached hydrogens (tertiary/aromatic N) is 2. The van der Waals surface area contributed by atoms with Crippen LogP contribution in [-0.4, -0.2) is 16.5 Å². The van der Waals surface area contributed by atoms with Crippen LogP contribution < -0.4 is 5.32 Å². The molecule has 4 heteroatoms. The number of carbonyl (C=O) groups excluding carboxylic acids is 1. The van der Waals surface area contributed by atoms with Crippen LogP contribution in [0.4, 0.5) is 0 Å². The molecule has 0 radical (unpaired) electrons. The number of aromatic nitrogens is 1. The summed E-state index contributed by atoms with van der Waals surface area (Å²) in [6, 6.07) is 13.6. The maximum atomic E-state index is 12.2. The Morgan fingerprint density at radius 2 is 2.00 bits per heavy atom. The third kappa shape index (κ3) is 2.23. The first-order valence-electron chi connectivity index (χ1n) is 6.27. The van der Waals surface area contributed by atoms with Crippen LogP contribution in [0.3, 0.4) is 0 Å². The Labute approximate surface area is 111 Å². The van der Waals surface area contributed by atoms with Crippen LogP contribution in [0.5, 0.6) is 0 Å². The number of para-hydroxylation sites is 1. The molecule has 2 aromatic rings. The van der Waals surface area contributed by atoms with Crippen LogP contribution in [0.2, 0.25) is 0 Å². The van der Waals surface area contributed by atoms with Crippen molar-refractivity contribution < 1.29 is 4.79 Å². The van der Waals surface area contributed by atoms with Gasteiger partial charge in [-0.1, -0.05) is 18.2 Å². The molecule has 1 aliphatic carbocycles. The quantitative estimate of drug-likeness (QED) is 0.909. The van der Waals surface area contributed by atoms with Gasteiger partial charge < -0.3 is 9.88 Å². The van der Waals surface area contributed by atoms with Gasteiger partial charge in [-0.2, -0.15) is 5.26 Å². The second kappa shape index (κ2) is 4.62. The van der Waals surface area contributed by atoms with Crippen LogP contribution in [-0.2, 0) is 0 Å². The highest BCUT2D eigenvalue weighted by molar-refractivity contribution is 5.96. The van der Waals surface area contributed by atoms with Gasteiger partial charge in [-0.25, -0.2) is 0 Å². The molecule has 1 saturated carbocycles. The van der Waals surface area contributed by atoms with E-state index >= 15 is 0 Å². The highest BCUT2D eigenvalue weighted by Crippen LogP contribution is 2.21. The maximum absolute atomic E-state index is 12.2. The van der Waals surface area contributed by atoms with Crippen molar-refractivity contribution in [1.82, 2.24) is 9.88 Å². The van der Waals surface area contributed by atoms with Crippen molar-refractivity contribution in [3.63, 3.8) is 0 Å². The molecule has 1 aromatic carbocycles. The number of hydrogen-bond donors (Lipinski definition) is 1. The second-order valence-electron chi connectivity index (χ2n) is 4.64. The lowest BCUT2D eigenvalue weighted by Gasteiger charge is -2.09. The highest BCUT2D eigenvalue weighted by atomic mass is 16.2. The third-order valence-electron chi connectivity index (χ3n) is 3.17. The molecule has 0 aliphatic heterocycles. The second-order valence-corrected chi connectivity index (χ2v) is 4.64. The summed E-state index contributed by atoms with van der Waals surface area (Å²) in [5.41, 5.74) is 1.70. The molecule has 3 rings (SSSR count). The molecule has 94 valence electrons. The molecule has 0 spiro atoms. The molecular formula is C15H13N3O. The maximum Gasteiger partial charge on any atom is 0.269 e. The lowest BCUT2D eigenvalue weighted by atomic mass is 10.2. The number of amides is 1. The third-order valence-corrected chi connectivity index (χ3v) is 3.17. The van der Waals surface area contributed by atoms with E-state index in [-0.39, 0.29) is 11.9 Å². The smallest absolute Gasteiger partial charge is 0.269 e. The molecule has 19 heavy (non-hydrogen) atoms. The first-order valence-corrected chi connectivity index (χ1v) is 6.27. The number of rotatable bonds is 3. The van der Waals surface area contributed by atoms with Gasteiger partial charge in [0.15, 0.2) is 0 Å². The van der Waals surface area contributed by atoms with E-state index in [1.165, 1.54) is 0 Å². The zero-order valence-electron chi connectivity index (χ0n) is 10.3. The fourth-order valence-corrected chi connectivity index (χ4v) is 2.04. The van der Waals surface area contributed by atoms with Gasteiger partial charge in [0.2, 0.25) is 0 Å². The van der Waals surface area contributed by atoms with Crippen molar-refractivity contribution in [1.29, 1.82) is 5.26 Å². The van der Waals surface area contributed by atoms with E-state index < -0.39 is 0 Å². The summed E-state index contributed by atoms with van der Waals surface area (Å²) in [5, 5.41) is 12.1. The number of hydrogen-bond acceptors (Lipinski definition) is 2. The number of nitriles is 1. The van der Waals surface area contributed by atoms with Gasteiger partial charge in [-0.05, 0) is 31.0 Å². The van der Waals surface area contributed by atoms with Crippen LogP contribution >= 0.6 is 0 Å². The SMILES string of the molecule is N#Cc1ccn(-c2ccccc2)c1C(=O)NC1CC1. The number of benzene rings is 1. The molecule has 0 unspecified atom stereocenters. The van der Waals surface area contributed by atoms with E-state index in [9.17, 15) is 4.79 Å². The minimum atomic E-state index is -0.173. The molecule has 0 atom stereocenters. The van der Waals surface area contributed by atoms with E-state index in [2.05, 4.69) is 11.4 Å². The summed E-state index contributed by atoms with van der Waals surface area (Å²) in [5.74, 6) is -0.173. The van der Waals surface area contributed by atoms with Gasteiger partial charge >= 0.3 is 0 Å². The van der Waals surface area contributed by atoms with Crippen molar-refractivity contribution in [2.24, 2.45) is 0 Å². The van der Waals surface area contributed by atoms with Crippen LogP contribution in [0.1, 0.15) is 28.9 Å². The standard InChI is InChI=1S/C15H13N3O/c16-10-11-8-9-18(13-4-2-1-3-5-13)14(11)15(19)17-12-6-7-12/h1-5,8-9,12H,6-7H2,(H,17,19). The summed E-state index contributed by atoms with van der Waals surface area (Å²) in [6.07, 6.45) is 3.81. The fourth-order valence-electron chi connectivity index (χ4n) is 2.04. The van der Waals surface area contributed by atoms with Crippen LogP contribution in [0.25, 0.3) is 5.69 Å². The van der Waals surface area contributed by atoms with Crippen molar-refractivity contribution in [2.45, 2.75) is 18.9 Å². The molecule has 1 amide bonds.